The van der Waals surface area contributed by atoms with Gasteiger partial charge in [0.05, 0.1) is 17.5 Å². The molecule has 10 heteroatoms. The SMILES string of the molecule is Cc1cccc(N2C(=NC(=O)[C@H](Cc3ccccc3)NC(=O)OC(C)(C)C)S[C@H]3CS(=O)(=O)C[C@@H]32)c1. The number of anilines is 1. The third kappa shape index (κ3) is 6.47. The molecule has 2 fully saturated rings. The molecular formula is C26H31N3O5S2. The van der Waals surface area contributed by atoms with Crippen molar-refractivity contribution in [3.8, 4) is 0 Å². The lowest BCUT2D eigenvalue weighted by atomic mass is 10.1. The third-order valence-corrected chi connectivity index (χ3v) is 9.03. The van der Waals surface area contributed by atoms with Crippen LogP contribution in [0, 0.1) is 6.92 Å². The van der Waals surface area contributed by atoms with Gasteiger partial charge in [0.15, 0.2) is 15.0 Å². The molecule has 2 saturated heterocycles. The maximum Gasteiger partial charge on any atom is 0.408 e. The lowest BCUT2D eigenvalue weighted by Gasteiger charge is -2.25. The fraction of sp³-hybridized carbons (Fsp3) is 0.423. The minimum Gasteiger partial charge on any atom is -0.444 e. The Hall–Kier alpha value is -2.85. The second-order valence-corrected chi connectivity index (χ2v) is 13.5. The molecule has 2 aliphatic rings. The van der Waals surface area contributed by atoms with Crippen molar-refractivity contribution in [2.45, 2.75) is 57.1 Å². The number of aryl methyl sites for hydroxylation is 1. The number of aliphatic imine (C=N–C) groups is 1. The van der Waals surface area contributed by atoms with Crippen molar-refractivity contribution in [3.05, 3.63) is 65.7 Å². The second kappa shape index (κ2) is 10.3. The summed E-state index contributed by atoms with van der Waals surface area (Å²) in [6.07, 6.45) is -0.457. The van der Waals surface area contributed by atoms with Gasteiger partial charge in [-0.2, -0.15) is 4.99 Å². The van der Waals surface area contributed by atoms with Crippen LogP contribution in [0.1, 0.15) is 31.9 Å². The molecule has 3 atom stereocenters. The molecule has 1 N–H and O–H groups in total. The van der Waals surface area contributed by atoms with Crippen LogP contribution in [0.15, 0.2) is 59.6 Å². The van der Waals surface area contributed by atoms with E-state index in [1.165, 1.54) is 11.8 Å². The number of amides is 2. The summed E-state index contributed by atoms with van der Waals surface area (Å²) in [4.78, 5) is 32.3. The van der Waals surface area contributed by atoms with Crippen LogP contribution in [-0.2, 0) is 25.8 Å². The van der Waals surface area contributed by atoms with E-state index in [1.807, 2.05) is 66.4 Å². The number of carbonyl (C=O) groups is 2. The van der Waals surface area contributed by atoms with Crippen LogP contribution >= 0.6 is 11.8 Å². The number of rotatable bonds is 5. The van der Waals surface area contributed by atoms with Crippen LogP contribution in [0.25, 0.3) is 0 Å². The summed E-state index contributed by atoms with van der Waals surface area (Å²) in [5.74, 6) is -0.468. The average Bonchev–Trinajstić information content (AvgIpc) is 3.23. The number of amidine groups is 1. The third-order valence-electron chi connectivity index (χ3n) is 5.82. The number of nitrogens with zero attached hydrogens (tertiary/aromatic N) is 2. The van der Waals surface area contributed by atoms with E-state index in [0.29, 0.717) is 5.17 Å². The zero-order valence-electron chi connectivity index (χ0n) is 20.8. The average molecular weight is 530 g/mol. The van der Waals surface area contributed by atoms with E-state index in [4.69, 9.17) is 4.74 Å². The first-order valence-corrected chi connectivity index (χ1v) is 14.5. The summed E-state index contributed by atoms with van der Waals surface area (Å²) >= 11 is 1.31. The molecule has 0 radical (unpaired) electrons. The number of hydrogen-bond donors (Lipinski definition) is 1. The Balaban J connectivity index is 1.65. The van der Waals surface area contributed by atoms with Crippen LogP contribution < -0.4 is 10.2 Å². The van der Waals surface area contributed by atoms with Crippen LogP contribution in [-0.4, -0.2) is 60.0 Å². The van der Waals surface area contributed by atoms with Crippen LogP contribution in [0.4, 0.5) is 10.5 Å². The molecule has 2 amide bonds. The molecule has 0 bridgehead atoms. The molecule has 8 nitrogen and oxygen atoms in total. The molecular weight excluding hydrogens is 498 g/mol. The molecule has 192 valence electrons. The van der Waals surface area contributed by atoms with Gasteiger partial charge in [0.2, 0.25) is 0 Å². The molecule has 36 heavy (non-hydrogen) atoms. The first kappa shape index (κ1) is 26.2. The van der Waals surface area contributed by atoms with Gasteiger partial charge in [-0.3, -0.25) is 4.79 Å². The maximum absolute atomic E-state index is 13.5. The van der Waals surface area contributed by atoms with E-state index in [0.717, 1.165) is 16.8 Å². The van der Waals surface area contributed by atoms with E-state index in [1.54, 1.807) is 20.8 Å². The van der Waals surface area contributed by atoms with E-state index in [2.05, 4.69) is 10.3 Å². The number of ether oxygens (including phenoxy) is 1. The number of fused-ring (bicyclic) bond motifs is 1. The Morgan fingerprint density at radius 2 is 1.86 bits per heavy atom. The van der Waals surface area contributed by atoms with Gasteiger partial charge in [-0.25, -0.2) is 13.2 Å². The number of nitrogens with one attached hydrogen (secondary N) is 1. The highest BCUT2D eigenvalue weighted by Gasteiger charge is 2.49. The minimum absolute atomic E-state index is 0.00935. The summed E-state index contributed by atoms with van der Waals surface area (Å²) in [7, 11) is -3.17. The lowest BCUT2D eigenvalue weighted by molar-refractivity contribution is -0.119. The quantitative estimate of drug-likeness (QED) is 0.629. The van der Waals surface area contributed by atoms with Crippen molar-refractivity contribution < 1.29 is 22.7 Å². The van der Waals surface area contributed by atoms with Crippen molar-refractivity contribution in [1.82, 2.24) is 5.32 Å². The summed E-state index contributed by atoms with van der Waals surface area (Å²) in [6, 6.07) is 15.8. The standard InChI is InChI=1S/C26H31N3O5S2/c1-17-9-8-12-19(13-17)29-21-15-36(32,33)16-22(21)35-24(29)28-23(30)20(14-18-10-6-5-7-11-18)27-25(31)34-26(2,3)4/h5-13,20-22H,14-16H2,1-4H3,(H,27,31)/t20-,21-,22-/m0/s1. The molecule has 0 saturated carbocycles. The first-order chi connectivity index (χ1) is 16.9. The Labute approximate surface area is 216 Å². The zero-order valence-corrected chi connectivity index (χ0v) is 22.4. The second-order valence-electron chi connectivity index (χ2n) is 10.1. The Kier molecular flexibility index (Phi) is 7.47. The highest BCUT2D eigenvalue weighted by atomic mass is 32.2. The molecule has 0 spiro atoms. The molecule has 2 heterocycles. The van der Waals surface area contributed by atoms with Crippen molar-refractivity contribution in [1.29, 1.82) is 0 Å². The highest BCUT2D eigenvalue weighted by molar-refractivity contribution is 8.16. The summed E-state index contributed by atoms with van der Waals surface area (Å²) in [6.45, 7) is 7.21. The smallest absolute Gasteiger partial charge is 0.408 e. The molecule has 2 aromatic rings. The Morgan fingerprint density at radius 1 is 1.14 bits per heavy atom. The molecule has 0 aliphatic carbocycles. The van der Waals surface area contributed by atoms with Gasteiger partial charge in [0, 0.05) is 17.4 Å². The zero-order chi connectivity index (χ0) is 26.1. The first-order valence-electron chi connectivity index (χ1n) is 11.8. The van der Waals surface area contributed by atoms with Gasteiger partial charge < -0.3 is 15.0 Å². The predicted molar refractivity (Wildman–Crippen MR) is 143 cm³/mol. The van der Waals surface area contributed by atoms with Crippen molar-refractivity contribution in [2.75, 3.05) is 16.4 Å². The van der Waals surface area contributed by atoms with Gasteiger partial charge in [0.25, 0.3) is 5.91 Å². The monoisotopic (exact) mass is 529 g/mol. The number of thioether (sulfide) groups is 1. The normalized spacial score (nSPS) is 22.8. The molecule has 2 aliphatic heterocycles. The van der Waals surface area contributed by atoms with Gasteiger partial charge in [-0.15, -0.1) is 0 Å². The molecule has 0 aromatic heterocycles. The topological polar surface area (TPSA) is 105 Å². The van der Waals surface area contributed by atoms with Crippen molar-refractivity contribution >= 4 is 44.5 Å². The summed E-state index contributed by atoms with van der Waals surface area (Å²) < 4.78 is 30.1. The fourth-order valence-corrected chi connectivity index (χ4v) is 8.24. The Morgan fingerprint density at radius 3 is 2.53 bits per heavy atom. The number of carbonyl (C=O) groups excluding carboxylic acids is 2. The number of benzene rings is 2. The maximum atomic E-state index is 13.5. The number of hydrogen-bond acceptors (Lipinski definition) is 6. The fourth-order valence-electron chi connectivity index (χ4n) is 4.32. The van der Waals surface area contributed by atoms with Gasteiger partial charge in [-0.1, -0.05) is 54.2 Å². The van der Waals surface area contributed by atoms with Gasteiger partial charge in [-0.05, 0) is 51.0 Å². The molecule has 4 rings (SSSR count). The van der Waals surface area contributed by atoms with E-state index in [9.17, 15) is 18.0 Å². The van der Waals surface area contributed by atoms with Gasteiger partial charge >= 0.3 is 6.09 Å². The number of alkyl carbamates (subject to hydrolysis) is 1. The van der Waals surface area contributed by atoms with Crippen LogP contribution in [0.2, 0.25) is 0 Å². The number of sulfone groups is 1. The highest BCUT2D eigenvalue weighted by Crippen LogP contribution is 2.41. The molecule has 2 aromatic carbocycles. The van der Waals surface area contributed by atoms with E-state index >= 15 is 0 Å². The van der Waals surface area contributed by atoms with E-state index in [-0.39, 0.29) is 29.2 Å². The lowest BCUT2D eigenvalue weighted by Crippen LogP contribution is -2.45. The molecule has 0 unspecified atom stereocenters. The van der Waals surface area contributed by atoms with Crippen LogP contribution in [0.5, 0.6) is 0 Å². The predicted octanol–water partition coefficient (Wildman–Crippen LogP) is 3.73. The van der Waals surface area contributed by atoms with E-state index < -0.39 is 33.5 Å². The van der Waals surface area contributed by atoms with Crippen molar-refractivity contribution in [3.63, 3.8) is 0 Å². The Bertz CT molecular complexity index is 1270. The van der Waals surface area contributed by atoms with Gasteiger partial charge in [0.1, 0.15) is 11.6 Å². The minimum atomic E-state index is -3.17. The largest absolute Gasteiger partial charge is 0.444 e. The van der Waals surface area contributed by atoms with Crippen molar-refractivity contribution in [2.24, 2.45) is 4.99 Å². The summed E-state index contributed by atoms with van der Waals surface area (Å²) in [5, 5.41) is 2.91. The summed E-state index contributed by atoms with van der Waals surface area (Å²) in [5.41, 5.74) is 1.95. The van der Waals surface area contributed by atoms with Crippen LogP contribution in [0.3, 0.4) is 0 Å².